The van der Waals surface area contributed by atoms with Crippen LogP contribution in [0.3, 0.4) is 0 Å². The maximum absolute atomic E-state index is 11.8. The van der Waals surface area contributed by atoms with E-state index in [4.69, 9.17) is 11.5 Å². The molecule has 1 rings (SSSR count). The van der Waals surface area contributed by atoms with E-state index in [0.717, 1.165) is 0 Å². The van der Waals surface area contributed by atoms with Crippen LogP contribution in [0, 0.1) is 5.92 Å². The first-order valence-corrected chi connectivity index (χ1v) is 6.41. The van der Waals surface area contributed by atoms with E-state index < -0.39 is 11.9 Å². The number of aromatic nitrogens is 1. The number of amides is 2. The molecule has 110 valence electrons. The van der Waals surface area contributed by atoms with E-state index in [0.29, 0.717) is 18.2 Å². The first-order chi connectivity index (χ1) is 9.31. The molecule has 1 atom stereocenters. The molecule has 7 heteroatoms. The van der Waals surface area contributed by atoms with Crippen molar-refractivity contribution < 1.29 is 9.59 Å². The van der Waals surface area contributed by atoms with Crippen LogP contribution in [-0.4, -0.2) is 29.4 Å². The minimum absolute atomic E-state index is 0.0940. The van der Waals surface area contributed by atoms with Gasteiger partial charge in [-0.05, 0) is 25.0 Å². The fourth-order valence-electron chi connectivity index (χ4n) is 1.45. The van der Waals surface area contributed by atoms with Gasteiger partial charge >= 0.3 is 0 Å². The van der Waals surface area contributed by atoms with Crippen molar-refractivity contribution in [3.63, 3.8) is 0 Å². The molecule has 0 radical (unpaired) electrons. The number of rotatable bonds is 6. The van der Waals surface area contributed by atoms with Gasteiger partial charge in [0.05, 0.1) is 5.69 Å². The first-order valence-electron chi connectivity index (χ1n) is 6.41. The van der Waals surface area contributed by atoms with Crippen molar-refractivity contribution in [3.05, 3.63) is 17.8 Å². The number of nitrogens with zero attached hydrogens (tertiary/aromatic N) is 1. The van der Waals surface area contributed by atoms with Gasteiger partial charge in [-0.15, -0.1) is 0 Å². The molecule has 20 heavy (non-hydrogen) atoms. The smallest absolute Gasteiger partial charge is 0.267 e. The summed E-state index contributed by atoms with van der Waals surface area (Å²) in [6, 6.07) is 2.44. The highest BCUT2D eigenvalue weighted by Gasteiger charge is 2.15. The summed E-state index contributed by atoms with van der Waals surface area (Å²) in [6.07, 6.45) is 0. The number of anilines is 2. The standard InChI is InChI=1S/C13H21N5O2/c1-7(2)6-16-13(20)8(3)17-12-9(14)4-5-10(18-12)11(15)19/h4-5,7-8H,6,14H2,1-3H3,(H2,15,19)(H,16,20)(H,17,18). The summed E-state index contributed by atoms with van der Waals surface area (Å²) in [5, 5.41) is 5.67. The van der Waals surface area contributed by atoms with E-state index in [1.165, 1.54) is 12.1 Å². The van der Waals surface area contributed by atoms with Crippen molar-refractivity contribution in [1.29, 1.82) is 0 Å². The Balaban J connectivity index is 2.74. The van der Waals surface area contributed by atoms with Gasteiger partial charge in [0.15, 0.2) is 5.82 Å². The van der Waals surface area contributed by atoms with E-state index in [-0.39, 0.29) is 17.4 Å². The first kappa shape index (κ1) is 15.7. The van der Waals surface area contributed by atoms with Gasteiger partial charge in [-0.1, -0.05) is 13.8 Å². The van der Waals surface area contributed by atoms with Gasteiger partial charge in [-0.3, -0.25) is 9.59 Å². The second kappa shape index (κ2) is 6.74. The number of pyridine rings is 1. The second-order valence-electron chi connectivity index (χ2n) is 5.00. The lowest BCUT2D eigenvalue weighted by Gasteiger charge is -2.17. The number of carbonyl (C=O) groups excluding carboxylic acids is 2. The molecule has 6 N–H and O–H groups in total. The normalized spacial score (nSPS) is 12.0. The van der Waals surface area contributed by atoms with E-state index in [1.54, 1.807) is 6.92 Å². The summed E-state index contributed by atoms with van der Waals surface area (Å²) in [6.45, 7) is 6.30. The molecule has 1 heterocycles. The summed E-state index contributed by atoms with van der Waals surface area (Å²) >= 11 is 0. The zero-order valence-corrected chi connectivity index (χ0v) is 11.9. The molecule has 0 aliphatic heterocycles. The zero-order chi connectivity index (χ0) is 15.3. The number of carbonyl (C=O) groups is 2. The lowest BCUT2D eigenvalue weighted by molar-refractivity contribution is -0.121. The quantitative estimate of drug-likeness (QED) is 0.597. The van der Waals surface area contributed by atoms with Gasteiger partial charge in [0.25, 0.3) is 5.91 Å². The second-order valence-corrected chi connectivity index (χ2v) is 5.00. The van der Waals surface area contributed by atoms with Crippen LogP contribution in [0.5, 0.6) is 0 Å². The van der Waals surface area contributed by atoms with Crippen molar-refractivity contribution in [3.8, 4) is 0 Å². The number of nitrogens with one attached hydrogen (secondary N) is 2. The van der Waals surface area contributed by atoms with Gasteiger partial charge in [0, 0.05) is 6.54 Å². The lowest BCUT2D eigenvalue weighted by atomic mass is 10.2. The number of hydrogen-bond donors (Lipinski definition) is 4. The van der Waals surface area contributed by atoms with Crippen molar-refractivity contribution in [1.82, 2.24) is 10.3 Å². The molecule has 2 amide bonds. The molecule has 1 aromatic rings. The minimum Gasteiger partial charge on any atom is -0.396 e. The largest absolute Gasteiger partial charge is 0.396 e. The molecule has 0 aliphatic carbocycles. The Hall–Kier alpha value is -2.31. The molecule has 0 bridgehead atoms. The molecule has 0 spiro atoms. The Morgan fingerprint density at radius 3 is 2.50 bits per heavy atom. The number of primary amides is 1. The molecule has 0 aliphatic rings. The highest BCUT2D eigenvalue weighted by molar-refractivity contribution is 5.92. The summed E-state index contributed by atoms with van der Waals surface area (Å²) in [5.74, 6) is -0.171. The summed E-state index contributed by atoms with van der Waals surface area (Å²) in [7, 11) is 0. The van der Waals surface area contributed by atoms with Crippen molar-refractivity contribution in [2.24, 2.45) is 11.7 Å². The topological polar surface area (TPSA) is 123 Å². The summed E-state index contributed by atoms with van der Waals surface area (Å²) in [5.41, 5.74) is 11.3. The number of hydrogen-bond acceptors (Lipinski definition) is 5. The van der Waals surface area contributed by atoms with Crippen LogP contribution in [-0.2, 0) is 4.79 Å². The molecule has 0 fully saturated rings. The maximum Gasteiger partial charge on any atom is 0.267 e. The van der Waals surface area contributed by atoms with Crippen molar-refractivity contribution in [2.45, 2.75) is 26.8 Å². The molecule has 7 nitrogen and oxygen atoms in total. The third-order valence-electron chi connectivity index (χ3n) is 2.61. The van der Waals surface area contributed by atoms with Crippen LogP contribution in [0.15, 0.2) is 12.1 Å². The number of nitrogens with two attached hydrogens (primary N) is 2. The average molecular weight is 279 g/mol. The van der Waals surface area contributed by atoms with Crippen LogP contribution in [0.4, 0.5) is 11.5 Å². The minimum atomic E-state index is -0.648. The average Bonchev–Trinajstić information content (AvgIpc) is 2.37. The van der Waals surface area contributed by atoms with Crippen LogP contribution in [0.2, 0.25) is 0 Å². The summed E-state index contributed by atoms with van der Waals surface area (Å²) < 4.78 is 0. The van der Waals surface area contributed by atoms with E-state index in [9.17, 15) is 9.59 Å². The van der Waals surface area contributed by atoms with E-state index in [1.807, 2.05) is 13.8 Å². The molecule has 0 aromatic carbocycles. The van der Waals surface area contributed by atoms with E-state index in [2.05, 4.69) is 15.6 Å². The van der Waals surface area contributed by atoms with Crippen LogP contribution in [0.25, 0.3) is 0 Å². The third kappa shape index (κ3) is 4.42. The van der Waals surface area contributed by atoms with Crippen LogP contribution >= 0.6 is 0 Å². The van der Waals surface area contributed by atoms with Crippen molar-refractivity contribution in [2.75, 3.05) is 17.6 Å². The Labute approximate surface area is 118 Å². The van der Waals surface area contributed by atoms with E-state index >= 15 is 0 Å². The maximum atomic E-state index is 11.8. The number of nitrogen functional groups attached to an aromatic ring is 1. The molecular formula is C13H21N5O2. The molecule has 0 saturated heterocycles. The van der Waals surface area contributed by atoms with Gasteiger partial charge in [-0.2, -0.15) is 0 Å². The molecule has 1 aromatic heterocycles. The zero-order valence-electron chi connectivity index (χ0n) is 11.9. The summed E-state index contributed by atoms with van der Waals surface area (Å²) in [4.78, 5) is 26.9. The van der Waals surface area contributed by atoms with Gasteiger partial charge in [-0.25, -0.2) is 4.98 Å². The van der Waals surface area contributed by atoms with Crippen LogP contribution < -0.4 is 22.1 Å². The predicted octanol–water partition coefficient (Wildman–Crippen LogP) is 0.335. The Morgan fingerprint density at radius 1 is 1.30 bits per heavy atom. The lowest BCUT2D eigenvalue weighted by Crippen LogP contribution is -2.39. The van der Waals surface area contributed by atoms with Gasteiger partial charge < -0.3 is 22.1 Å². The Bertz CT molecular complexity index is 502. The SMILES string of the molecule is CC(C)CNC(=O)C(C)Nc1nc(C(N)=O)ccc1N. The highest BCUT2D eigenvalue weighted by Crippen LogP contribution is 2.16. The Kier molecular flexibility index (Phi) is 5.31. The Morgan fingerprint density at radius 2 is 1.95 bits per heavy atom. The van der Waals surface area contributed by atoms with Gasteiger partial charge in [0.2, 0.25) is 5.91 Å². The highest BCUT2D eigenvalue weighted by atomic mass is 16.2. The molecule has 1 unspecified atom stereocenters. The van der Waals surface area contributed by atoms with Gasteiger partial charge in [0.1, 0.15) is 11.7 Å². The third-order valence-corrected chi connectivity index (χ3v) is 2.61. The monoisotopic (exact) mass is 279 g/mol. The van der Waals surface area contributed by atoms with Crippen molar-refractivity contribution >= 4 is 23.3 Å². The van der Waals surface area contributed by atoms with Crippen LogP contribution in [0.1, 0.15) is 31.3 Å². The molecular weight excluding hydrogens is 258 g/mol. The fraction of sp³-hybridized carbons (Fsp3) is 0.462. The molecule has 0 saturated carbocycles. The predicted molar refractivity (Wildman–Crippen MR) is 78.1 cm³/mol. The fourth-order valence-corrected chi connectivity index (χ4v) is 1.45.